The van der Waals surface area contributed by atoms with E-state index in [1.165, 1.54) is 11.4 Å². The number of rotatable bonds is 7. The molecule has 2 aliphatic rings. The largest absolute Gasteiger partial charge is 0.494 e. The summed E-state index contributed by atoms with van der Waals surface area (Å²) in [4.78, 5) is 17.7. The lowest BCUT2D eigenvalue weighted by Crippen LogP contribution is -2.46. The summed E-state index contributed by atoms with van der Waals surface area (Å²) in [6.45, 7) is 16.3. The molecule has 5 rings (SSSR count). The summed E-state index contributed by atoms with van der Waals surface area (Å²) in [6.07, 6.45) is 3.41. The highest BCUT2D eigenvalue weighted by atomic mass is 16.7. The third-order valence-electron chi connectivity index (χ3n) is 8.54. The predicted molar refractivity (Wildman–Crippen MR) is 154 cm³/mol. The molecule has 2 aliphatic heterocycles. The molecule has 0 amide bonds. The van der Waals surface area contributed by atoms with Crippen LogP contribution < -0.4 is 21.0 Å². The SMILES string of the molecule is CCC(CC)n1ncn(-c2ccc(N3CCN(c4ccc(B5OC(C)(C)C(C)(C)O5)cc4)CC3)cc2)c1=O. The van der Waals surface area contributed by atoms with Crippen LogP contribution in [0.25, 0.3) is 5.69 Å². The average molecular weight is 517 g/mol. The molecule has 0 N–H and O–H groups in total. The minimum Gasteiger partial charge on any atom is -0.399 e. The predicted octanol–water partition coefficient (Wildman–Crippen LogP) is 4.02. The van der Waals surface area contributed by atoms with Gasteiger partial charge in [-0.05, 0) is 82.4 Å². The van der Waals surface area contributed by atoms with E-state index in [2.05, 4.69) is 92.8 Å². The smallest absolute Gasteiger partial charge is 0.399 e. The Balaban J connectivity index is 1.20. The fourth-order valence-electron chi connectivity index (χ4n) is 5.25. The number of benzene rings is 2. The summed E-state index contributed by atoms with van der Waals surface area (Å²) in [5.41, 5.74) is 3.53. The first kappa shape index (κ1) is 26.6. The van der Waals surface area contributed by atoms with Crippen LogP contribution in [0.4, 0.5) is 11.4 Å². The normalized spacial score (nSPS) is 19.0. The summed E-state index contributed by atoms with van der Waals surface area (Å²) in [5.74, 6) is 0. The molecule has 0 unspecified atom stereocenters. The third-order valence-corrected chi connectivity index (χ3v) is 8.54. The van der Waals surface area contributed by atoms with Gasteiger partial charge < -0.3 is 19.1 Å². The number of nitrogens with zero attached hydrogens (tertiary/aromatic N) is 5. The standard InChI is InChI=1S/C29H40BN5O3/c1-7-23(8-2)35-27(36)34(21-31-35)26-15-13-25(14-16-26)33-19-17-32(18-20-33)24-11-9-22(10-12-24)30-37-28(3,4)29(5,6)38-30/h9-16,21,23H,7-8,17-20H2,1-6H3. The maximum absolute atomic E-state index is 12.9. The van der Waals surface area contributed by atoms with Crippen LogP contribution in [-0.4, -0.2) is 58.8 Å². The van der Waals surface area contributed by atoms with E-state index in [9.17, 15) is 4.79 Å². The molecule has 38 heavy (non-hydrogen) atoms. The third kappa shape index (κ3) is 4.89. The van der Waals surface area contributed by atoms with Crippen LogP contribution in [0.1, 0.15) is 60.4 Å². The van der Waals surface area contributed by atoms with Crippen molar-refractivity contribution in [3.63, 3.8) is 0 Å². The Morgan fingerprint density at radius 3 is 1.71 bits per heavy atom. The molecule has 1 aromatic heterocycles. The lowest BCUT2D eigenvalue weighted by atomic mass is 9.79. The van der Waals surface area contributed by atoms with Crippen LogP contribution in [0.2, 0.25) is 0 Å². The van der Waals surface area contributed by atoms with Crippen molar-refractivity contribution in [3.8, 4) is 5.69 Å². The summed E-state index contributed by atoms with van der Waals surface area (Å²) >= 11 is 0. The first-order chi connectivity index (χ1) is 18.1. The van der Waals surface area contributed by atoms with Crippen LogP contribution in [-0.2, 0) is 9.31 Å². The summed E-state index contributed by atoms with van der Waals surface area (Å²) in [6, 6.07) is 16.9. The summed E-state index contributed by atoms with van der Waals surface area (Å²) < 4.78 is 15.6. The molecule has 0 aliphatic carbocycles. The van der Waals surface area contributed by atoms with Crippen molar-refractivity contribution < 1.29 is 9.31 Å². The second-order valence-electron chi connectivity index (χ2n) is 11.4. The summed E-state index contributed by atoms with van der Waals surface area (Å²) in [7, 11) is -0.334. The molecule has 0 atom stereocenters. The van der Waals surface area contributed by atoms with Crippen LogP contribution in [0, 0.1) is 0 Å². The van der Waals surface area contributed by atoms with Crippen molar-refractivity contribution in [3.05, 3.63) is 65.3 Å². The van der Waals surface area contributed by atoms with Gasteiger partial charge in [0, 0.05) is 37.6 Å². The maximum atomic E-state index is 12.9. The van der Waals surface area contributed by atoms with E-state index in [1.807, 2.05) is 12.1 Å². The van der Waals surface area contributed by atoms with Gasteiger partial charge in [-0.25, -0.2) is 14.0 Å². The molecule has 2 aromatic carbocycles. The van der Waals surface area contributed by atoms with Gasteiger partial charge in [0.15, 0.2) is 0 Å². The van der Waals surface area contributed by atoms with E-state index in [1.54, 1.807) is 15.6 Å². The number of hydrogen-bond donors (Lipinski definition) is 0. The Labute approximate surface area is 226 Å². The highest BCUT2D eigenvalue weighted by Gasteiger charge is 2.51. The lowest BCUT2D eigenvalue weighted by molar-refractivity contribution is 0.00578. The quantitative estimate of drug-likeness (QED) is 0.442. The molecule has 8 nitrogen and oxygen atoms in total. The number of hydrogen-bond acceptors (Lipinski definition) is 6. The molecule has 0 bridgehead atoms. The zero-order chi connectivity index (χ0) is 27.1. The number of piperazine rings is 1. The molecule has 9 heteroatoms. The first-order valence-corrected chi connectivity index (χ1v) is 13.9. The molecule has 3 aromatic rings. The van der Waals surface area contributed by atoms with Crippen LogP contribution in [0.5, 0.6) is 0 Å². The van der Waals surface area contributed by atoms with Gasteiger partial charge in [0.25, 0.3) is 0 Å². The highest BCUT2D eigenvalue weighted by molar-refractivity contribution is 6.62. The zero-order valence-corrected chi connectivity index (χ0v) is 23.6. The van der Waals surface area contributed by atoms with E-state index < -0.39 is 0 Å². The number of aromatic nitrogens is 3. The highest BCUT2D eigenvalue weighted by Crippen LogP contribution is 2.36. The van der Waals surface area contributed by atoms with Crippen molar-refractivity contribution in [2.24, 2.45) is 0 Å². The molecular weight excluding hydrogens is 477 g/mol. The molecular formula is C29H40BN5O3. The minimum atomic E-state index is -0.337. The van der Waals surface area contributed by atoms with Gasteiger partial charge in [-0.3, -0.25) is 0 Å². The Bertz CT molecular complexity index is 1270. The second-order valence-corrected chi connectivity index (χ2v) is 11.4. The average Bonchev–Trinajstić information content (AvgIpc) is 3.40. The van der Waals surface area contributed by atoms with Crippen molar-refractivity contribution in [1.29, 1.82) is 0 Å². The number of anilines is 2. The first-order valence-electron chi connectivity index (χ1n) is 13.9. The van der Waals surface area contributed by atoms with E-state index in [-0.39, 0.29) is 30.1 Å². The van der Waals surface area contributed by atoms with Gasteiger partial charge >= 0.3 is 12.8 Å². The van der Waals surface area contributed by atoms with Crippen molar-refractivity contribution in [2.45, 2.75) is 71.6 Å². The maximum Gasteiger partial charge on any atom is 0.494 e. The van der Waals surface area contributed by atoms with Gasteiger partial charge in [-0.15, -0.1) is 0 Å². The van der Waals surface area contributed by atoms with E-state index in [0.29, 0.717) is 0 Å². The Morgan fingerprint density at radius 2 is 1.24 bits per heavy atom. The van der Waals surface area contributed by atoms with Crippen LogP contribution in [0.15, 0.2) is 59.7 Å². The monoisotopic (exact) mass is 517 g/mol. The van der Waals surface area contributed by atoms with Crippen LogP contribution >= 0.6 is 0 Å². The Morgan fingerprint density at radius 1 is 0.789 bits per heavy atom. The van der Waals surface area contributed by atoms with Gasteiger partial charge in [-0.1, -0.05) is 26.0 Å². The zero-order valence-electron chi connectivity index (χ0n) is 23.6. The second kappa shape index (κ2) is 10.3. The summed E-state index contributed by atoms with van der Waals surface area (Å²) in [5, 5.41) is 4.36. The van der Waals surface area contributed by atoms with Gasteiger partial charge in [0.05, 0.1) is 22.9 Å². The molecule has 202 valence electrons. The van der Waals surface area contributed by atoms with Crippen molar-refractivity contribution in [2.75, 3.05) is 36.0 Å². The molecule has 3 heterocycles. The topological polar surface area (TPSA) is 64.8 Å². The van der Waals surface area contributed by atoms with Crippen LogP contribution in [0.3, 0.4) is 0 Å². The lowest BCUT2D eigenvalue weighted by Gasteiger charge is -2.37. The van der Waals surface area contributed by atoms with Gasteiger partial charge in [0.1, 0.15) is 6.33 Å². The fourth-order valence-corrected chi connectivity index (χ4v) is 5.25. The van der Waals surface area contributed by atoms with E-state index in [4.69, 9.17) is 9.31 Å². The molecule has 2 saturated heterocycles. The molecule has 0 radical (unpaired) electrons. The van der Waals surface area contributed by atoms with Gasteiger partial charge in [-0.2, -0.15) is 5.10 Å². The van der Waals surface area contributed by atoms with E-state index in [0.717, 1.165) is 50.2 Å². The molecule has 0 saturated carbocycles. The minimum absolute atomic E-state index is 0.0791. The van der Waals surface area contributed by atoms with Crippen molar-refractivity contribution in [1.82, 2.24) is 14.3 Å². The Kier molecular flexibility index (Phi) is 7.18. The molecule has 2 fully saturated rings. The fraction of sp³-hybridized carbons (Fsp3) is 0.517. The Hall–Kier alpha value is -3.04. The van der Waals surface area contributed by atoms with Crippen molar-refractivity contribution >= 4 is 24.0 Å². The van der Waals surface area contributed by atoms with Gasteiger partial charge in [0.2, 0.25) is 0 Å². The molecule has 0 spiro atoms. The van der Waals surface area contributed by atoms with E-state index >= 15 is 0 Å².